The number of nitrogens with zero attached hydrogens (tertiary/aromatic N) is 1. The summed E-state index contributed by atoms with van der Waals surface area (Å²) in [7, 11) is 1.74. The standard InChI is InChI=1S/C8H12N4S/c1-6(7-4-3-5-10-7)11-12-8(13)9-2/h3-5,10H,1-2H3,(H2,9,12,13)/b11-6-. The number of thiocarbonyl (C=S) groups is 1. The van der Waals surface area contributed by atoms with E-state index in [4.69, 9.17) is 12.2 Å². The maximum absolute atomic E-state index is 4.86. The van der Waals surface area contributed by atoms with Crippen LogP contribution in [0.15, 0.2) is 23.4 Å². The highest BCUT2D eigenvalue weighted by atomic mass is 32.1. The summed E-state index contributed by atoms with van der Waals surface area (Å²) in [6.45, 7) is 1.90. The van der Waals surface area contributed by atoms with Crippen LogP contribution in [0.4, 0.5) is 0 Å². The molecule has 1 aromatic heterocycles. The summed E-state index contributed by atoms with van der Waals surface area (Å²) >= 11 is 4.86. The number of aromatic amines is 1. The van der Waals surface area contributed by atoms with E-state index in [0.717, 1.165) is 11.4 Å². The van der Waals surface area contributed by atoms with Gasteiger partial charge in [0.1, 0.15) is 0 Å². The van der Waals surface area contributed by atoms with Crippen molar-refractivity contribution < 1.29 is 0 Å². The average Bonchev–Trinajstić information content (AvgIpc) is 2.66. The van der Waals surface area contributed by atoms with Gasteiger partial charge in [0.25, 0.3) is 0 Å². The monoisotopic (exact) mass is 196 g/mol. The zero-order valence-electron chi connectivity index (χ0n) is 7.59. The molecule has 0 fully saturated rings. The first-order valence-corrected chi connectivity index (χ1v) is 4.30. The quantitative estimate of drug-likeness (QED) is 0.373. The Kier molecular flexibility index (Phi) is 3.45. The number of rotatable bonds is 2. The second-order valence-corrected chi connectivity index (χ2v) is 2.88. The summed E-state index contributed by atoms with van der Waals surface area (Å²) < 4.78 is 0. The van der Waals surface area contributed by atoms with Crippen molar-refractivity contribution in [1.29, 1.82) is 0 Å². The Hall–Kier alpha value is -1.36. The third-order valence-corrected chi connectivity index (χ3v) is 1.84. The van der Waals surface area contributed by atoms with Crippen LogP contribution < -0.4 is 10.7 Å². The Balaban J connectivity index is 2.57. The summed E-state index contributed by atoms with van der Waals surface area (Å²) in [5.41, 5.74) is 4.55. The fourth-order valence-electron chi connectivity index (χ4n) is 0.806. The molecule has 0 spiro atoms. The molecule has 13 heavy (non-hydrogen) atoms. The molecule has 0 saturated carbocycles. The van der Waals surface area contributed by atoms with Gasteiger partial charge in [-0.25, -0.2) is 0 Å². The highest BCUT2D eigenvalue weighted by Gasteiger charge is 1.96. The lowest BCUT2D eigenvalue weighted by molar-refractivity contribution is 0.972. The van der Waals surface area contributed by atoms with E-state index in [9.17, 15) is 0 Å². The second-order valence-electron chi connectivity index (χ2n) is 2.47. The highest BCUT2D eigenvalue weighted by molar-refractivity contribution is 7.80. The molecule has 70 valence electrons. The molecular weight excluding hydrogens is 184 g/mol. The van der Waals surface area contributed by atoms with Crippen LogP contribution in [0.2, 0.25) is 0 Å². The third kappa shape index (κ3) is 2.87. The molecule has 0 unspecified atom stereocenters. The van der Waals surface area contributed by atoms with Gasteiger partial charge in [0.15, 0.2) is 5.11 Å². The minimum Gasteiger partial charge on any atom is -0.364 e. The van der Waals surface area contributed by atoms with Crippen LogP contribution in [-0.4, -0.2) is 22.9 Å². The zero-order valence-corrected chi connectivity index (χ0v) is 8.40. The molecule has 5 heteroatoms. The van der Waals surface area contributed by atoms with E-state index in [2.05, 4.69) is 20.8 Å². The van der Waals surface area contributed by atoms with Crippen LogP contribution >= 0.6 is 12.2 Å². The SMILES string of the molecule is CNC(=S)N/N=C(/C)c1ccc[nH]1. The van der Waals surface area contributed by atoms with Gasteiger partial charge in [-0.05, 0) is 31.3 Å². The van der Waals surface area contributed by atoms with Gasteiger partial charge in [-0.1, -0.05) is 0 Å². The van der Waals surface area contributed by atoms with Crippen LogP contribution in [0, 0.1) is 0 Å². The lowest BCUT2D eigenvalue weighted by atomic mass is 10.3. The molecule has 0 aliphatic rings. The van der Waals surface area contributed by atoms with Crippen LogP contribution in [0.25, 0.3) is 0 Å². The fourth-order valence-corrected chi connectivity index (χ4v) is 0.852. The molecule has 0 amide bonds. The summed E-state index contributed by atoms with van der Waals surface area (Å²) in [5, 5.41) is 7.34. The first-order chi connectivity index (χ1) is 6.24. The molecular formula is C8H12N4S. The van der Waals surface area contributed by atoms with Crippen LogP contribution in [0.1, 0.15) is 12.6 Å². The van der Waals surface area contributed by atoms with Crippen molar-refractivity contribution in [2.45, 2.75) is 6.92 Å². The Morgan fingerprint density at radius 3 is 2.92 bits per heavy atom. The van der Waals surface area contributed by atoms with Gasteiger partial charge in [0.2, 0.25) is 0 Å². The Labute approximate surface area is 82.4 Å². The number of hydrogen-bond acceptors (Lipinski definition) is 2. The number of aromatic nitrogens is 1. The molecule has 0 atom stereocenters. The van der Waals surface area contributed by atoms with E-state index in [0.29, 0.717) is 5.11 Å². The van der Waals surface area contributed by atoms with Crippen LogP contribution in [-0.2, 0) is 0 Å². The van der Waals surface area contributed by atoms with Gasteiger partial charge in [0, 0.05) is 13.2 Å². The van der Waals surface area contributed by atoms with E-state index in [-0.39, 0.29) is 0 Å². The van der Waals surface area contributed by atoms with Crippen molar-refractivity contribution in [3.63, 3.8) is 0 Å². The van der Waals surface area contributed by atoms with Gasteiger partial charge in [-0.3, -0.25) is 5.43 Å². The molecule has 1 heterocycles. The van der Waals surface area contributed by atoms with Crippen molar-refractivity contribution >= 4 is 23.0 Å². The van der Waals surface area contributed by atoms with Crippen molar-refractivity contribution in [2.75, 3.05) is 7.05 Å². The van der Waals surface area contributed by atoms with E-state index < -0.39 is 0 Å². The molecule has 0 saturated heterocycles. The van der Waals surface area contributed by atoms with Crippen molar-refractivity contribution in [3.8, 4) is 0 Å². The molecule has 0 radical (unpaired) electrons. The first-order valence-electron chi connectivity index (χ1n) is 3.90. The van der Waals surface area contributed by atoms with Gasteiger partial charge in [-0.15, -0.1) is 0 Å². The minimum atomic E-state index is 0.505. The topological polar surface area (TPSA) is 52.2 Å². The van der Waals surface area contributed by atoms with E-state index in [1.54, 1.807) is 7.05 Å². The number of nitrogens with one attached hydrogen (secondary N) is 3. The number of hydrogen-bond donors (Lipinski definition) is 3. The lowest BCUT2D eigenvalue weighted by Gasteiger charge is -2.01. The minimum absolute atomic E-state index is 0.505. The van der Waals surface area contributed by atoms with E-state index >= 15 is 0 Å². The summed E-state index contributed by atoms with van der Waals surface area (Å²) in [5.74, 6) is 0. The van der Waals surface area contributed by atoms with Gasteiger partial charge in [-0.2, -0.15) is 5.10 Å². The average molecular weight is 196 g/mol. The smallest absolute Gasteiger partial charge is 0.186 e. The first kappa shape index (κ1) is 9.73. The predicted octanol–water partition coefficient (Wildman–Crippen LogP) is 0.833. The van der Waals surface area contributed by atoms with Gasteiger partial charge in [0.05, 0.1) is 11.4 Å². The predicted molar refractivity (Wildman–Crippen MR) is 57.8 cm³/mol. The van der Waals surface area contributed by atoms with Gasteiger partial charge >= 0.3 is 0 Å². The van der Waals surface area contributed by atoms with Crippen molar-refractivity contribution in [2.24, 2.45) is 5.10 Å². The third-order valence-electron chi connectivity index (χ3n) is 1.54. The van der Waals surface area contributed by atoms with E-state index in [1.165, 1.54) is 0 Å². The van der Waals surface area contributed by atoms with Crippen molar-refractivity contribution in [1.82, 2.24) is 15.7 Å². The maximum Gasteiger partial charge on any atom is 0.186 e. The summed E-state index contributed by atoms with van der Waals surface area (Å²) in [6.07, 6.45) is 1.85. The zero-order chi connectivity index (χ0) is 9.68. The summed E-state index contributed by atoms with van der Waals surface area (Å²) in [4.78, 5) is 3.04. The molecule has 3 N–H and O–H groups in total. The lowest BCUT2D eigenvalue weighted by Crippen LogP contribution is -2.29. The van der Waals surface area contributed by atoms with Crippen LogP contribution in [0.3, 0.4) is 0 Å². The Bertz CT molecular complexity index is 302. The largest absolute Gasteiger partial charge is 0.364 e. The highest BCUT2D eigenvalue weighted by Crippen LogP contribution is 1.95. The molecule has 1 rings (SSSR count). The van der Waals surface area contributed by atoms with E-state index in [1.807, 2.05) is 25.3 Å². The Morgan fingerprint density at radius 2 is 2.38 bits per heavy atom. The molecule has 4 nitrogen and oxygen atoms in total. The van der Waals surface area contributed by atoms with Crippen molar-refractivity contribution in [3.05, 3.63) is 24.0 Å². The van der Waals surface area contributed by atoms with Crippen LogP contribution in [0.5, 0.6) is 0 Å². The van der Waals surface area contributed by atoms with Gasteiger partial charge < -0.3 is 10.3 Å². The molecule has 0 aliphatic heterocycles. The number of hydrazone groups is 1. The molecule has 1 aromatic rings. The fraction of sp³-hybridized carbons (Fsp3) is 0.250. The Morgan fingerprint density at radius 1 is 1.62 bits per heavy atom. The normalized spacial score (nSPS) is 11.1. The molecule has 0 aliphatic carbocycles. The second kappa shape index (κ2) is 4.61. The molecule has 0 aromatic carbocycles. The maximum atomic E-state index is 4.86. The number of H-pyrrole nitrogens is 1. The summed E-state index contributed by atoms with van der Waals surface area (Å²) in [6, 6.07) is 3.87. The molecule has 0 bridgehead atoms.